The Morgan fingerprint density at radius 2 is 2.14 bits per heavy atom. The molecule has 0 saturated heterocycles. The number of nitriles is 2. The lowest BCUT2D eigenvalue weighted by Gasteiger charge is -2.13. The van der Waals surface area contributed by atoms with Crippen LogP contribution in [0.4, 0.5) is 23.8 Å². The van der Waals surface area contributed by atoms with Crippen molar-refractivity contribution in [3.05, 3.63) is 20.8 Å². The van der Waals surface area contributed by atoms with Gasteiger partial charge in [0.15, 0.2) is 14.1 Å². The number of allylic oxidation sites excluding steroid dienone is 1. The smallest absolute Gasteiger partial charge is 0.331 e. The fraction of sp³-hybridized carbons (Fsp3) is 0.286. The van der Waals surface area contributed by atoms with Crippen molar-refractivity contribution >= 4 is 52.2 Å². The molecule has 0 aliphatic carbocycles. The molecular weight excluding hydrogens is 449 g/mol. The Balaban J connectivity index is 2.21. The third-order valence-corrected chi connectivity index (χ3v) is 5.92. The Labute approximate surface area is 174 Å². The number of carbonyl (C=O) groups is 1. The zero-order valence-corrected chi connectivity index (χ0v) is 17.0. The van der Waals surface area contributed by atoms with E-state index in [4.69, 9.17) is 12.2 Å². The quantitative estimate of drug-likeness (QED) is 0.674. The summed E-state index contributed by atoms with van der Waals surface area (Å²) in [6.45, 7) is 0. The minimum absolute atomic E-state index is 0.171. The summed E-state index contributed by atoms with van der Waals surface area (Å²) in [6.07, 6.45) is -4.86. The number of hydrogen-bond acceptors (Lipinski definition) is 8. The van der Waals surface area contributed by atoms with Crippen LogP contribution in [0.15, 0.2) is 9.91 Å². The van der Waals surface area contributed by atoms with Crippen LogP contribution in [0.5, 0.6) is 0 Å². The number of rotatable bonds is 3. The highest BCUT2D eigenvalue weighted by Gasteiger charge is 2.50. The Hall–Kier alpha value is -2.88. The van der Waals surface area contributed by atoms with Gasteiger partial charge < -0.3 is 4.90 Å². The van der Waals surface area contributed by atoms with E-state index in [-0.39, 0.29) is 25.4 Å². The predicted octanol–water partition coefficient (Wildman–Crippen LogP) is 3.51. The van der Waals surface area contributed by atoms with Crippen LogP contribution in [-0.4, -0.2) is 51.2 Å². The van der Waals surface area contributed by atoms with Gasteiger partial charge in [-0.3, -0.25) is 10.4 Å². The highest BCUT2D eigenvalue weighted by molar-refractivity contribution is 8.09. The van der Waals surface area contributed by atoms with Crippen molar-refractivity contribution in [2.24, 2.45) is 0 Å². The summed E-state index contributed by atoms with van der Waals surface area (Å²) >= 11 is 6.45. The average Bonchev–Trinajstić information content (AvgIpc) is 3.27. The lowest BCUT2D eigenvalue weighted by molar-refractivity contribution is -0.0931. The molecule has 3 heterocycles. The van der Waals surface area contributed by atoms with Crippen LogP contribution in [0, 0.1) is 26.6 Å². The van der Waals surface area contributed by atoms with Crippen LogP contribution in [-0.2, 0) is 0 Å². The highest BCUT2D eigenvalue weighted by Crippen LogP contribution is 2.52. The minimum atomic E-state index is -4.86. The van der Waals surface area contributed by atoms with Gasteiger partial charge in [0.1, 0.15) is 22.6 Å². The topological polar surface area (TPSA) is 126 Å². The second kappa shape index (κ2) is 7.51. The van der Waals surface area contributed by atoms with E-state index in [2.05, 4.69) is 20.6 Å². The second-order valence-electron chi connectivity index (χ2n) is 5.72. The van der Waals surface area contributed by atoms with E-state index in [9.17, 15) is 28.5 Å². The molecule has 3 rings (SSSR count). The van der Waals surface area contributed by atoms with Crippen LogP contribution < -0.4 is 5.32 Å². The van der Waals surface area contributed by atoms with E-state index < -0.39 is 28.7 Å². The molecule has 15 heteroatoms. The number of urea groups is 1. The Kier molecular flexibility index (Phi) is 5.40. The maximum atomic E-state index is 13.8. The molecule has 9 nitrogen and oxygen atoms in total. The molecule has 0 spiro atoms. The first kappa shape index (κ1) is 20.8. The van der Waals surface area contributed by atoms with Crippen LogP contribution in [0.1, 0.15) is 17.2 Å². The summed E-state index contributed by atoms with van der Waals surface area (Å²) in [4.78, 5) is 13.1. The van der Waals surface area contributed by atoms with E-state index in [0.717, 1.165) is 20.9 Å². The molecule has 0 fully saturated rings. The third kappa shape index (κ3) is 3.71. The Bertz CT molecular complexity index is 1160. The Morgan fingerprint density at radius 1 is 1.45 bits per heavy atom. The van der Waals surface area contributed by atoms with Crippen LogP contribution >= 0.6 is 35.3 Å². The molecule has 150 valence electrons. The summed E-state index contributed by atoms with van der Waals surface area (Å²) in [5.41, 5.74) is -1.74. The van der Waals surface area contributed by atoms with Gasteiger partial charge in [0.05, 0.1) is 17.3 Å². The van der Waals surface area contributed by atoms with Gasteiger partial charge in [-0.2, -0.15) is 28.8 Å². The molecule has 1 aliphatic heterocycles. The predicted molar refractivity (Wildman–Crippen MR) is 100 cm³/mol. The molecule has 2 aromatic rings. The molecular formula is C14H9F3N8OS3. The SMILES string of the molecule is CN(C)C(=O)Nc1nn2c(c1C#N)C(C#N)C(C(F)(F)F)=C2Sc1n[nH]c(=S)s1. The van der Waals surface area contributed by atoms with Crippen LogP contribution in [0.2, 0.25) is 0 Å². The molecule has 1 aliphatic rings. The largest absolute Gasteiger partial charge is 0.416 e. The summed E-state index contributed by atoms with van der Waals surface area (Å²) in [5.74, 6) is -2.04. The van der Waals surface area contributed by atoms with Crippen molar-refractivity contribution in [3.8, 4) is 12.1 Å². The number of amides is 2. The van der Waals surface area contributed by atoms with Gasteiger partial charge >= 0.3 is 12.2 Å². The van der Waals surface area contributed by atoms with Gasteiger partial charge in [0.2, 0.25) is 0 Å². The minimum Gasteiger partial charge on any atom is -0.331 e. The summed E-state index contributed by atoms with van der Waals surface area (Å²) < 4.78 is 42.6. The average molecular weight is 458 g/mol. The van der Waals surface area contributed by atoms with Crippen molar-refractivity contribution in [2.45, 2.75) is 16.4 Å². The number of carbonyl (C=O) groups excluding carboxylic acids is 1. The number of alkyl halides is 3. The van der Waals surface area contributed by atoms with Crippen molar-refractivity contribution in [1.82, 2.24) is 24.9 Å². The molecule has 29 heavy (non-hydrogen) atoms. The molecule has 0 radical (unpaired) electrons. The maximum absolute atomic E-state index is 13.8. The first-order chi connectivity index (χ1) is 13.6. The van der Waals surface area contributed by atoms with Crippen molar-refractivity contribution in [3.63, 3.8) is 0 Å². The van der Waals surface area contributed by atoms with E-state index in [1.54, 1.807) is 12.1 Å². The second-order valence-corrected chi connectivity index (χ2v) is 8.62. The molecule has 1 unspecified atom stereocenters. The number of anilines is 1. The van der Waals surface area contributed by atoms with Crippen molar-refractivity contribution < 1.29 is 18.0 Å². The monoisotopic (exact) mass is 458 g/mol. The van der Waals surface area contributed by atoms with Gasteiger partial charge in [0, 0.05) is 14.1 Å². The van der Waals surface area contributed by atoms with Gasteiger partial charge in [-0.1, -0.05) is 11.3 Å². The van der Waals surface area contributed by atoms with Crippen molar-refractivity contribution in [2.75, 3.05) is 19.4 Å². The normalized spacial score (nSPS) is 15.6. The maximum Gasteiger partial charge on any atom is 0.416 e. The zero-order valence-electron chi connectivity index (χ0n) is 14.5. The number of fused-ring (bicyclic) bond motifs is 1. The summed E-state index contributed by atoms with van der Waals surface area (Å²) in [6, 6.07) is 2.70. The van der Waals surface area contributed by atoms with Crippen LogP contribution in [0.25, 0.3) is 5.03 Å². The molecule has 2 aromatic heterocycles. The standard InChI is InChI=1S/C14H9F3N8OS3/c1-24(2)11(26)20-9-6(4-19)8-5(3-18)7(14(15,16)17)10(25(8)23-9)28-13-22-21-12(27)29-13/h5H,1-2H3,(H,21,27)(H,20,23,26). The van der Waals surface area contributed by atoms with Gasteiger partial charge in [-0.05, 0) is 24.0 Å². The molecule has 2 N–H and O–H groups in total. The molecule has 0 aromatic carbocycles. The number of nitrogens with zero attached hydrogens (tertiary/aromatic N) is 6. The number of aromatic nitrogens is 4. The lowest BCUT2D eigenvalue weighted by Crippen LogP contribution is -2.28. The number of nitrogens with one attached hydrogen (secondary N) is 2. The summed E-state index contributed by atoms with van der Waals surface area (Å²) in [7, 11) is 2.88. The van der Waals surface area contributed by atoms with Gasteiger partial charge in [0.25, 0.3) is 0 Å². The molecule has 0 bridgehead atoms. The number of thioether (sulfide) groups is 1. The van der Waals surface area contributed by atoms with E-state index >= 15 is 0 Å². The van der Waals surface area contributed by atoms with Gasteiger partial charge in [-0.15, -0.1) is 5.10 Å². The molecule has 0 saturated carbocycles. The number of H-pyrrole nitrogens is 1. The zero-order chi connectivity index (χ0) is 21.5. The summed E-state index contributed by atoms with van der Waals surface area (Å²) in [5, 5.41) is 31.1. The van der Waals surface area contributed by atoms with Gasteiger partial charge in [-0.25, -0.2) is 9.48 Å². The number of halogens is 3. The Morgan fingerprint density at radius 3 is 2.62 bits per heavy atom. The number of hydrogen-bond donors (Lipinski definition) is 2. The molecule has 2 amide bonds. The first-order valence-corrected chi connectivity index (χ1v) is 9.58. The van der Waals surface area contributed by atoms with E-state index in [0.29, 0.717) is 11.8 Å². The van der Waals surface area contributed by atoms with Crippen LogP contribution in [0.3, 0.4) is 0 Å². The van der Waals surface area contributed by atoms with E-state index in [1.807, 2.05) is 0 Å². The fourth-order valence-electron chi connectivity index (χ4n) is 2.49. The lowest BCUT2D eigenvalue weighted by atomic mass is 9.97. The molecule has 1 atom stereocenters. The van der Waals surface area contributed by atoms with Crippen molar-refractivity contribution in [1.29, 1.82) is 10.5 Å². The van der Waals surface area contributed by atoms with E-state index in [1.165, 1.54) is 14.1 Å². The fourth-order valence-corrected chi connectivity index (χ4v) is 4.75. The third-order valence-electron chi connectivity index (χ3n) is 3.69. The highest BCUT2D eigenvalue weighted by atomic mass is 32.2. The number of aromatic amines is 1. The first-order valence-electron chi connectivity index (χ1n) is 7.54.